The van der Waals surface area contributed by atoms with Crippen LogP contribution in [0.1, 0.15) is 101 Å². The summed E-state index contributed by atoms with van der Waals surface area (Å²) >= 11 is 0. The maximum absolute atomic E-state index is 6.43. The van der Waals surface area contributed by atoms with Crippen molar-refractivity contribution in [1.29, 1.82) is 0 Å². The summed E-state index contributed by atoms with van der Waals surface area (Å²) in [7, 11) is 5.49. The summed E-state index contributed by atoms with van der Waals surface area (Å²) in [6.07, 6.45) is 7.76. The van der Waals surface area contributed by atoms with Crippen molar-refractivity contribution in [2.24, 2.45) is 11.7 Å². The van der Waals surface area contributed by atoms with Crippen molar-refractivity contribution in [3.63, 3.8) is 0 Å². The van der Waals surface area contributed by atoms with Gasteiger partial charge in [0, 0.05) is 5.54 Å². The van der Waals surface area contributed by atoms with Crippen LogP contribution < -0.4 is 5.73 Å². The van der Waals surface area contributed by atoms with E-state index in [1.807, 2.05) is 41.5 Å². The van der Waals surface area contributed by atoms with Gasteiger partial charge in [-0.15, -0.1) is 0 Å². The SMILES string of the molecule is CC.CC.CC.[B]CCCCC(N)(CC)C(C)CCC. The lowest BCUT2D eigenvalue weighted by Crippen LogP contribution is -2.45. The number of unbranched alkanes of at least 4 members (excludes halogenated alkanes) is 1. The first kappa shape index (κ1) is 28.2. The lowest BCUT2D eigenvalue weighted by Gasteiger charge is -2.35. The van der Waals surface area contributed by atoms with E-state index < -0.39 is 0 Å². The average Bonchev–Trinajstić information content (AvgIpc) is 2.53. The lowest BCUT2D eigenvalue weighted by atomic mass is 9.77. The quantitative estimate of drug-likeness (QED) is 0.407. The van der Waals surface area contributed by atoms with Crippen LogP contribution >= 0.6 is 0 Å². The Balaban J connectivity index is -0.000000187. The molecule has 0 rings (SSSR count). The van der Waals surface area contributed by atoms with E-state index in [4.69, 9.17) is 13.6 Å². The molecule has 0 fully saturated rings. The van der Waals surface area contributed by atoms with Crippen molar-refractivity contribution in [1.82, 2.24) is 0 Å². The van der Waals surface area contributed by atoms with E-state index >= 15 is 0 Å². The lowest BCUT2D eigenvalue weighted by molar-refractivity contribution is 0.240. The first-order valence-corrected chi connectivity index (χ1v) is 9.09. The maximum Gasteiger partial charge on any atom is 0.0653 e. The normalized spacial score (nSPS) is 13.3. The molecular formula is C18H44BN. The molecule has 0 saturated heterocycles. The van der Waals surface area contributed by atoms with Crippen molar-refractivity contribution < 1.29 is 0 Å². The number of hydrogen-bond donors (Lipinski definition) is 1. The van der Waals surface area contributed by atoms with E-state index in [1.54, 1.807) is 0 Å². The van der Waals surface area contributed by atoms with Crippen LogP contribution in [0.25, 0.3) is 0 Å². The van der Waals surface area contributed by atoms with Crippen molar-refractivity contribution in [2.45, 2.75) is 113 Å². The Morgan fingerprint density at radius 3 is 1.70 bits per heavy atom. The van der Waals surface area contributed by atoms with Crippen LogP contribution in [0.5, 0.6) is 0 Å². The Bertz CT molecular complexity index is 139. The highest BCUT2D eigenvalue weighted by Crippen LogP contribution is 2.28. The Hall–Kier alpha value is 0.0249. The minimum Gasteiger partial charge on any atom is -0.325 e. The summed E-state index contributed by atoms with van der Waals surface area (Å²) < 4.78 is 0. The fourth-order valence-electron chi connectivity index (χ4n) is 2.09. The van der Waals surface area contributed by atoms with E-state index in [1.165, 1.54) is 19.3 Å². The molecule has 0 saturated carbocycles. The molecule has 0 aliphatic rings. The number of nitrogens with two attached hydrogens (primary N) is 1. The second kappa shape index (κ2) is 24.1. The van der Waals surface area contributed by atoms with Crippen LogP contribution in [-0.2, 0) is 0 Å². The molecule has 0 aromatic heterocycles. The fraction of sp³-hybridized carbons (Fsp3) is 1.00. The van der Waals surface area contributed by atoms with Crippen molar-refractivity contribution >= 4 is 7.85 Å². The molecule has 0 amide bonds. The van der Waals surface area contributed by atoms with Crippen molar-refractivity contribution in [3.8, 4) is 0 Å². The van der Waals surface area contributed by atoms with Gasteiger partial charge in [-0.3, -0.25) is 0 Å². The molecule has 0 spiro atoms. The zero-order valence-corrected chi connectivity index (χ0v) is 16.2. The minimum absolute atomic E-state index is 0.0468. The molecule has 0 heterocycles. The predicted octanol–water partition coefficient (Wildman–Crippen LogP) is 6.37. The molecule has 2 radical (unpaired) electrons. The third-order valence-electron chi connectivity index (χ3n) is 3.46. The van der Waals surface area contributed by atoms with E-state index in [9.17, 15) is 0 Å². The van der Waals surface area contributed by atoms with E-state index in [-0.39, 0.29) is 5.54 Å². The highest BCUT2D eigenvalue weighted by atomic mass is 14.7. The molecule has 2 unspecified atom stereocenters. The Morgan fingerprint density at radius 2 is 1.40 bits per heavy atom. The molecule has 0 aromatic rings. The largest absolute Gasteiger partial charge is 0.325 e. The minimum atomic E-state index is 0.0468. The second-order valence-corrected chi connectivity index (χ2v) is 4.52. The third-order valence-corrected chi connectivity index (χ3v) is 3.46. The molecule has 2 atom stereocenters. The van der Waals surface area contributed by atoms with Crippen molar-refractivity contribution in [3.05, 3.63) is 0 Å². The Labute approximate surface area is 132 Å². The van der Waals surface area contributed by atoms with E-state index in [2.05, 4.69) is 20.8 Å². The molecule has 0 bridgehead atoms. The Morgan fingerprint density at radius 1 is 0.950 bits per heavy atom. The molecular weight excluding hydrogens is 241 g/mol. The molecule has 0 aliphatic heterocycles. The van der Waals surface area contributed by atoms with Gasteiger partial charge in [0.05, 0.1) is 7.85 Å². The van der Waals surface area contributed by atoms with Gasteiger partial charge >= 0.3 is 0 Å². The molecule has 0 aromatic carbocycles. The van der Waals surface area contributed by atoms with Gasteiger partial charge in [0.1, 0.15) is 0 Å². The monoisotopic (exact) mass is 285 g/mol. The molecule has 20 heavy (non-hydrogen) atoms. The topological polar surface area (TPSA) is 26.0 Å². The molecule has 2 heteroatoms. The summed E-state index contributed by atoms with van der Waals surface area (Å²) in [5.41, 5.74) is 6.47. The zero-order chi connectivity index (χ0) is 17.0. The van der Waals surface area contributed by atoms with Gasteiger partial charge in [-0.1, -0.05) is 87.9 Å². The summed E-state index contributed by atoms with van der Waals surface area (Å²) in [5.74, 6) is 0.635. The average molecular weight is 285 g/mol. The van der Waals surface area contributed by atoms with Gasteiger partial charge in [0.15, 0.2) is 0 Å². The van der Waals surface area contributed by atoms with Crippen molar-refractivity contribution in [2.75, 3.05) is 0 Å². The van der Waals surface area contributed by atoms with Crippen LogP contribution in [-0.4, -0.2) is 13.4 Å². The summed E-state index contributed by atoms with van der Waals surface area (Å²) in [6, 6.07) is 0. The smallest absolute Gasteiger partial charge is 0.0653 e. The first-order chi connectivity index (χ1) is 9.60. The Kier molecular flexibility index (Phi) is 34.0. The van der Waals surface area contributed by atoms with Crippen LogP contribution in [0.4, 0.5) is 0 Å². The maximum atomic E-state index is 6.43. The van der Waals surface area contributed by atoms with Crippen LogP contribution in [0.3, 0.4) is 0 Å². The van der Waals surface area contributed by atoms with E-state index in [0.29, 0.717) is 5.92 Å². The van der Waals surface area contributed by atoms with Gasteiger partial charge in [-0.05, 0) is 25.2 Å². The van der Waals surface area contributed by atoms with Gasteiger partial charge in [0.2, 0.25) is 0 Å². The zero-order valence-electron chi connectivity index (χ0n) is 16.2. The predicted molar refractivity (Wildman–Crippen MR) is 99.7 cm³/mol. The molecule has 0 aliphatic carbocycles. The van der Waals surface area contributed by atoms with Gasteiger partial charge < -0.3 is 5.73 Å². The van der Waals surface area contributed by atoms with Gasteiger partial charge in [0.25, 0.3) is 0 Å². The molecule has 2 N–H and O–H groups in total. The highest BCUT2D eigenvalue weighted by molar-refractivity contribution is 6.08. The van der Waals surface area contributed by atoms with Gasteiger partial charge in [-0.25, -0.2) is 0 Å². The standard InChI is InChI=1S/C12H26BN.3C2H6/c1-4-8-11(3)12(14,5-2)9-6-7-10-13;3*1-2/h11H,4-10,14H2,1-3H3;3*1-2H3. The molecule has 124 valence electrons. The van der Waals surface area contributed by atoms with Gasteiger partial charge in [-0.2, -0.15) is 0 Å². The summed E-state index contributed by atoms with van der Waals surface area (Å²) in [6.45, 7) is 18.7. The number of rotatable bonds is 8. The second-order valence-electron chi connectivity index (χ2n) is 4.52. The fourth-order valence-corrected chi connectivity index (χ4v) is 2.09. The third kappa shape index (κ3) is 16.1. The highest BCUT2D eigenvalue weighted by Gasteiger charge is 2.28. The van der Waals surface area contributed by atoms with Crippen LogP contribution in [0, 0.1) is 5.92 Å². The first-order valence-electron chi connectivity index (χ1n) is 9.09. The van der Waals surface area contributed by atoms with E-state index in [0.717, 1.165) is 25.6 Å². The number of hydrogen-bond acceptors (Lipinski definition) is 1. The summed E-state index contributed by atoms with van der Waals surface area (Å²) in [5, 5.41) is 0. The van der Waals surface area contributed by atoms with Crippen LogP contribution in [0.2, 0.25) is 6.32 Å². The van der Waals surface area contributed by atoms with Crippen LogP contribution in [0.15, 0.2) is 0 Å². The summed E-state index contributed by atoms with van der Waals surface area (Å²) in [4.78, 5) is 0. The molecule has 1 nitrogen and oxygen atoms in total.